The van der Waals surface area contributed by atoms with Crippen molar-refractivity contribution < 1.29 is 9.59 Å². The van der Waals surface area contributed by atoms with Gasteiger partial charge in [-0.25, -0.2) is 4.98 Å². The molecule has 1 heterocycles. The number of nitrogens with one attached hydrogen (secondary N) is 1. The summed E-state index contributed by atoms with van der Waals surface area (Å²) < 4.78 is -0.255. The van der Waals surface area contributed by atoms with E-state index in [0.29, 0.717) is 31.9 Å². The van der Waals surface area contributed by atoms with Gasteiger partial charge < -0.3 is 5.32 Å². The Morgan fingerprint density at radius 3 is 2.46 bits per heavy atom. The molecule has 1 aliphatic rings. The normalized spacial score (nSPS) is 18.4. The molecule has 1 fully saturated rings. The van der Waals surface area contributed by atoms with Gasteiger partial charge in [-0.3, -0.25) is 9.59 Å². The van der Waals surface area contributed by atoms with Gasteiger partial charge in [0.25, 0.3) is 0 Å². The van der Waals surface area contributed by atoms with Crippen LogP contribution in [0.15, 0.2) is 60.1 Å². The zero-order valence-electron chi connectivity index (χ0n) is 17.7. The largest absolute Gasteiger partial charge is 0.326 e. The van der Waals surface area contributed by atoms with Crippen LogP contribution >= 0.6 is 69.3 Å². The number of anilines is 1. The lowest BCUT2D eigenvalue weighted by Crippen LogP contribution is -2.17. The molecular weight excluding hydrogens is 570 g/mol. The lowest BCUT2D eigenvalue weighted by molar-refractivity contribution is -0.117. The zero-order chi connectivity index (χ0) is 24.9. The highest BCUT2D eigenvalue weighted by atomic mass is 35.5. The van der Waals surface area contributed by atoms with Crippen LogP contribution in [0.1, 0.15) is 27.4 Å². The van der Waals surface area contributed by atoms with Crippen LogP contribution in [0, 0.1) is 5.92 Å². The molecule has 2 atom stereocenters. The summed E-state index contributed by atoms with van der Waals surface area (Å²) >= 11 is 32.9. The average Bonchev–Trinajstić information content (AvgIpc) is 3.11. The highest BCUT2D eigenvalue weighted by Gasteiger charge is 2.67. The molecule has 1 amide bonds. The second-order valence-corrected chi connectivity index (χ2v) is 11.9. The van der Waals surface area contributed by atoms with E-state index < -0.39 is 16.2 Å². The maximum Gasteiger partial charge on any atom is 0.231 e. The highest BCUT2D eigenvalue weighted by Crippen LogP contribution is 2.65. The summed E-state index contributed by atoms with van der Waals surface area (Å²) in [6.07, 6.45) is 0.150. The van der Waals surface area contributed by atoms with Gasteiger partial charge in [-0.1, -0.05) is 40.9 Å². The van der Waals surface area contributed by atoms with Crippen molar-refractivity contribution in [3.63, 3.8) is 0 Å². The van der Waals surface area contributed by atoms with Crippen LogP contribution in [-0.2, 0) is 11.2 Å². The summed E-state index contributed by atoms with van der Waals surface area (Å²) in [5.41, 5.74) is 4.83. The van der Waals surface area contributed by atoms with Gasteiger partial charge in [0.15, 0.2) is 5.78 Å². The monoisotopic (exact) mass is 582 g/mol. The first-order valence-electron chi connectivity index (χ1n) is 10.4. The molecule has 5 rings (SSSR count). The van der Waals surface area contributed by atoms with Gasteiger partial charge in [-0.15, -0.1) is 34.5 Å². The summed E-state index contributed by atoms with van der Waals surface area (Å²) in [5.74, 6) is -1.76. The molecule has 1 aromatic heterocycles. The number of rotatable bonds is 6. The van der Waals surface area contributed by atoms with Crippen molar-refractivity contribution in [1.82, 2.24) is 4.98 Å². The molecule has 1 aliphatic carbocycles. The molecule has 0 radical (unpaired) electrons. The molecule has 2 unspecified atom stereocenters. The number of hydrogen-bond acceptors (Lipinski definition) is 4. The maximum atomic E-state index is 13.0. The van der Waals surface area contributed by atoms with E-state index in [1.54, 1.807) is 41.9 Å². The average molecular weight is 585 g/mol. The summed E-state index contributed by atoms with van der Waals surface area (Å²) in [5, 5.41) is 3.95. The van der Waals surface area contributed by atoms with Crippen LogP contribution in [0.25, 0.3) is 10.2 Å². The predicted octanol–water partition coefficient (Wildman–Crippen LogP) is 8.21. The van der Waals surface area contributed by atoms with Crippen molar-refractivity contribution in [1.29, 1.82) is 0 Å². The number of carbonyl (C=O) groups excluding carboxylic acids is 2. The first-order chi connectivity index (χ1) is 16.6. The van der Waals surface area contributed by atoms with Crippen LogP contribution in [-0.4, -0.2) is 21.0 Å². The molecule has 4 aromatic rings. The van der Waals surface area contributed by atoms with Crippen molar-refractivity contribution in [3.05, 3.63) is 91.9 Å². The number of aromatic nitrogens is 1. The Bertz CT molecular complexity index is 1470. The van der Waals surface area contributed by atoms with E-state index in [1.807, 2.05) is 18.2 Å². The molecule has 0 aliphatic heterocycles. The van der Waals surface area contributed by atoms with Crippen molar-refractivity contribution >= 4 is 96.9 Å². The number of thiazole rings is 1. The van der Waals surface area contributed by atoms with E-state index in [4.69, 9.17) is 58.0 Å². The third-order valence-corrected chi connectivity index (χ3v) is 8.39. The van der Waals surface area contributed by atoms with Crippen LogP contribution in [0.3, 0.4) is 0 Å². The van der Waals surface area contributed by atoms with Gasteiger partial charge in [-0.05, 0) is 59.7 Å². The van der Waals surface area contributed by atoms with Crippen LogP contribution in [0.4, 0.5) is 5.69 Å². The molecule has 3 aromatic carbocycles. The third-order valence-electron chi connectivity index (χ3n) is 5.87. The Balaban J connectivity index is 1.33. The van der Waals surface area contributed by atoms with E-state index in [1.165, 1.54) is 11.3 Å². The number of nitrogens with zero attached hydrogens (tertiary/aromatic N) is 1. The Kier molecular flexibility index (Phi) is 6.77. The summed E-state index contributed by atoms with van der Waals surface area (Å²) in [7, 11) is 0. The number of halogens is 5. The smallest absolute Gasteiger partial charge is 0.231 e. The minimum Gasteiger partial charge on any atom is -0.326 e. The number of ketones is 1. The molecule has 4 nitrogen and oxygen atoms in total. The predicted molar refractivity (Wildman–Crippen MR) is 145 cm³/mol. The molecule has 35 heavy (non-hydrogen) atoms. The lowest BCUT2D eigenvalue weighted by Gasteiger charge is -2.09. The van der Waals surface area contributed by atoms with Crippen LogP contribution < -0.4 is 5.32 Å². The second kappa shape index (κ2) is 9.55. The lowest BCUT2D eigenvalue weighted by atomic mass is 10.0. The number of amides is 1. The Morgan fingerprint density at radius 1 is 0.971 bits per heavy atom. The van der Waals surface area contributed by atoms with E-state index in [-0.39, 0.29) is 18.1 Å². The fraction of sp³-hybridized carbons (Fsp3) is 0.160. The topological polar surface area (TPSA) is 59.1 Å². The Hall–Kier alpha value is -1.86. The minimum atomic E-state index is -1.31. The van der Waals surface area contributed by atoms with E-state index in [0.717, 1.165) is 15.8 Å². The van der Waals surface area contributed by atoms with Gasteiger partial charge in [0.05, 0.1) is 26.7 Å². The summed E-state index contributed by atoms with van der Waals surface area (Å²) in [4.78, 5) is 30.3. The molecule has 1 N–H and O–H groups in total. The number of alkyl halides is 2. The van der Waals surface area contributed by atoms with Gasteiger partial charge in [0.2, 0.25) is 5.91 Å². The van der Waals surface area contributed by atoms with Gasteiger partial charge in [0.1, 0.15) is 4.33 Å². The molecule has 10 heteroatoms. The maximum absolute atomic E-state index is 13.0. The molecule has 0 saturated heterocycles. The number of carbonyl (C=O) groups is 2. The number of hydrogen-bond donors (Lipinski definition) is 1. The second-order valence-electron chi connectivity index (χ2n) is 8.27. The van der Waals surface area contributed by atoms with Gasteiger partial charge >= 0.3 is 0 Å². The number of benzene rings is 3. The third kappa shape index (κ3) is 5.04. The van der Waals surface area contributed by atoms with E-state index >= 15 is 0 Å². The quantitative estimate of drug-likeness (QED) is 0.184. The highest BCUT2D eigenvalue weighted by molar-refractivity contribution is 7.16. The van der Waals surface area contributed by atoms with Crippen LogP contribution in [0.5, 0.6) is 0 Å². The Labute approximate surface area is 230 Å². The van der Waals surface area contributed by atoms with Crippen molar-refractivity contribution in [2.75, 3.05) is 5.32 Å². The fourth-order valence-corrected chi connectivity index (χ4v) is 6.41. The molecule has 0 bridgehead atoms. The SMILES string of the molecule is O=C(Cc1ccc2scnc2c1)c1cc(NC(=O)C2C(c3cc(Cl)cc(Cl)c3)C2(Cl)Cl)ccc1Cl. The molecule has 1 saturated carbocycles. The number of fused-ring (bicyclic) bond motifs is 1. The summed E-state index contributed by atoms with van der Waals surface area (Å²) in [6, 6.07) is 15.4. The molecule has 178 valence electrons. The van der Waals surface area contributed by atoms with Crippen molar-refractivity contribution in [3.8, 4) is 0 Å². The van der Waals surface area contributed by atoms with Gasteiger partial charge in [0, 0.05) is 33.6 Å². The number of Topliss-reactive ketones (excluding diaryl/α,β-unsaturated/α-hetero) is 1. The Morgan fingerprint density at radius 2 is 1.71 bits per heavy atom. The molecular formula is C25H15Cl5N2O2S. The van der Waals surface area contributed by atoms with E-state index in [2.05, 4.69) is 10.3 Å². The standard InChI is InChI=1S/C25H15Cl5N2O2S/c26-14-7-13(8-15(27)9-14)22-23(25(22,29)30)24(34)32-16-2-3-18(28)17(10-16)20(33)6-12-1-4-21-19(5-12)31-11-35-21/h1-5,7-11,22-23H,6H2,(H,32,34). The first kappa shape index (κ1) is 24.8. The zero-order valence-corrected chi connectivity index (χ0v) is 22.3. The van der Waals surface area contributed by atoms with E-state index in [9.17, 15) is 9.59 Å². The van der Waals surface area contributed by atoms with Crippen molar-refractivity contribution in [2.24, 2.45) is 5.92 Å². The van der Waals surface area contributed by atoms with Crippen LogP contribution in [0.2, 0.25) is 15.1 Å². The molecule has 0 spiro atoms. The van der Waals surface area contributed by atoms with Gasteiger partial charge in [-0.2, -0.15) is 0 Å². The fourth-order valence-electron chi connectivity index (χ4n) is 4.15. The first-order valence-corrected chi connectivity index (χ1v) is 13.2. The minimum absolute atomic E-state index is 0.150. The van der Waals surface area contributed by atoms with Crippen molar-refractivity contribution in [2.45, 2.75) is 16.7 Å². The summed E-state index contributed by atoms with van der Waals surface area (Å²) in [6.45, 7) is 0.